The molecule has 36 heavy (non-hydrogen) atoms. The largest absolute Gasteiger partial charge is 0.389 e. The van der Waals surface area contributed by atoms with E-state index < -0.39 is 6.10 Å². The van der Waals surface area contributed by atoms with Crippen molar-refractivity contribution in [3.05, 3.63) is 82.4 Å². The van der Waals surface area contributed by atoms with Crippen LogP contribution in [-0.2, 0) is 11.3 Å². The highest BCUT2D eigenvalue weighted by atomic mass is 35.5. The highest BCUT2D eigenvalue weighted by Crippen LogP contribution is 2.31. The molecule has 1 unspecified atom stereocenters. The van der Waals surface area contributed by atoms with Crippen molar-refractivity contribution in [1.82, 2.24) is 9.80 Å². The molecule has 6 nitrogen and oxygen atoms in total. The van der Waals surface area contributed by atoms with Gasteiger partial charge in [-0.05, 0) is 67.1 Å². The maximum Gasteiger partial charge on any atom is 0.261 e. The number of amides is 2. The molecule has 2 heterocycles. The molecule has 3 aromatic rings. The molecule has 2 amide bonds. The Bertz CT molecular complexity index is 1180. The number of aliphatic hydroxyl groups is 1. The molecular formula is C28H30Cl2N2O4. The van der Waals surface area contributed by atoms with Gasteiger partial charge in [-0.15, -0.1) is 12.4 Å². The van der Waals surface area contributed by atoms with Gasteiger partial charge < -0.3 is 14.7 Å². The lowest BCUT2D eigenvalue weighted by Gasteiger charge is -2.36. The highest BCUT2D eigenvalue weighted by molar-refractivity contribution is 6.30. The molecule has 190 valence electrons. The third-order valence-electron chi connectivity index (χ3n) is 6.96. The lowest BCUT2D eigenvalue weighted by molar-refractivity contribution is 0.00360. The number of rotatable bonds is 8. The number of carbonyl (C=O) groups excluding carboxylic acids is 2. The SMILES string of the molecule is Cl.O=C1c2cccc3cccc(c23)C(=O)N1CC1CCN(CC(O)COCc2ccc(Cl)cc2)CC1. The van der Waals surface area contributed by atoms with Crippen molar-refractivity contribution in [2.24, 2.45) is 5.92 Å². The molecule has 0 radical (unpaired) electrons. The van der Waals surface area contributed by atoms with E-state index in [0.29, 0.717) is 35.8 Å². The molecule has 1 atom stereocenters. The second kappa shape index (κ2) is 11.7. The summed E-state index contributed by atoms with van der Waals surface area (Å²) in [5, 5.41) is 12.8. The maximum atomic E-state index is 13.2. The van der Waals surface area contributed by atoms with Gasteiger partial charge in [-0.1, -0.05) is 48.0 Å². The summed E-state index contributed by atoms with van der Waals surface area (Å²) in [5.74, 6) is -0.146. The molecule has 1 N–H and O–H groups in total. The number of hydrogen-bond donors (Lipinski definition) is 1. The van der Waals surface area contributed by atoms with E-state index in [1.165, 1.54) is 4.90 Å². The Morgan fingerprint density at radius 1 is 0.944 bits per heavy atom. The van der Waals surface area contributed by atoms with E-state index in [2.05, 4.69) is 4.90 Å². The molecule has 0 bridgehead atoms. The normalized spacial score (nSPS) is 17.3. The Hall–Kier alpha value is -2.48. The van der Waals surface area contributed by atoms with Crippen molar-refractivity contribution in [3.63, 3.8) is 0 Å². The van der Waals surface area contributed by atoms with Crippen LogP contribution in [0.25, 0.3) is 10.8 Å². The molecule has 1 fully saturated rings. The van der Waals surface area contributed by atoms with Gasteiger partial charge >= 0.3 is 0 Å². The van der Waals surface area contributed by atoms with E-state index >= 15 is 0 Å². The molecule has 8 heteroatoms. The van der Waals surface area contributed by atoms with Crippen LogP contribution in [0, 0.1) is 5.92 Å². The summed E-state index contributed by atoms with van der Waals surface area (Å²) in [6.45, 7) is 3.32. The van der Waals surface area contributed by atoms with Gasteiger partial charge in [0, 0.05) is 34.6 Å². The number of halogens is 2. The minimum absolute atomic E-state index is 0. The lowest BCUT2D eigenvalue weighted by atomic mass is 9.91. The van der Waals surface area contributed by atoms with Crippen molar-refractivity contribution >= 4 is 46.6 Å². The quantitative estimate of drug-likeness (QED) is 0.425. The minimum Gasteiger partial charge on any atom is -0.389 e. The van der Waals surface area contributed by atoms with Crippen LogP contribution in [0.4, 0.5) is 0 Å². The molecule has 0 aromatic heterocycles. The lowest BCUT2D eigenvalue weighted by Crippen LogP contribution is -2.46. The maximum absolute atomic E-state index is 13.2. The van der Waals surface area contributed by atoms with E-state index in [-0.39, 0.29) is 36.7 Å². The molecular weight excluding hydrogens is 499 g/mol. The van der Waals surface area contributed by atoms with Gasteiger partial charge in [-0.2, -0.15) is 0 Å². The van der Waals surface area contributed by atoms with Crippen LogP contribution in [0.2, 0.25) is 5.02 Å². The fraction of sp³-hybridized carbons (Fsp3) is 0.357. The summed E-state index contributed by atoms with van der Waals surface area (Å²) in [7, 11) is 0. The third-order valence-corrected chi connectivity index (χ3v) is 7.22. The molecule has 2 aliphatic heterocycles. The Kier molecular flexibility index (Phi) is 8.65. The van der Waals surface area contributed by atoms with E-state index in [1.54, 1.807) is 0 Å². The summed E-state index contributed by atoms with van der Waals surface area (Å²) in [5.41, 5.74) is 2.23. The van der Waals surface area contributed by atoms with Crippen LogP contribution in [0.5, 0.6) is 0 Å². The minimum atomic E-state index is -0.568. The highest BCUT2D eigenvalue weighted by Gasteiger charge is 2.34. The summed E-state index contributed by atoms with van der Waals surface area (Å²) in [6, 6.07) is 18.7. The molecule has 0 aliphatic carbocycles. The third kappa shape index (κ3) is 5.74. The molecule has 0 saturated carbocycles. The zero-order valence-corrected chi connectivity index (χ0v) is 21.5. The number of ether oxygens (including phenoxy) is 1. The van der Waals surface area contributed by atoms with Crippen LogP contribution in [0.1, 0.15) is 39.1 Å². The van der Waals surface area contributed by atoms with Crippen LogP contribution < -0.4 is 0 Å². The summed E-state index contributed by atoms with van der Waals surface area (Å²) in [4.78, 5) is 30.0. The Labute approximate surface area is 222 Å². The number of β-amino-alcohol motifs (C(OH)–C–C–N with tert-alkyl or cyclic N) is 1. The number of nitrogens with zero attached hydrogens (tertiary/aromatic N) is 2. The van der Waals surface area contributed by atoms with Crippen LogP contribution in [-0.4, -0.2) is 65.6 Å². The van der Waals surface area contributed by atoms with E-state index in [9.17, 15) is 14.7 Å². The molecule has 1 saturated heterocycles. The van der Waals surface area contributed by atoms with E-state index in [4.69, 9.17) is 16.3 Å². The Morgan fingerprint density at radius 3 is 2.17 bits per heavy atom. The second-order valence-corrected chi connectivity index (χ2v) is 9.91. The van der Waals surface area contributed by atoms with Gasteiger partial charge in [-0.3, -0.25) is 14.5 Å². The van der Waals surface area contributed by atoms with Gasteiger partial charge in [0.15, 0.2) is 0 Å². The van der Waals surface area contributed by atoms with Gasteiger partial charge in [0.1, 0.15) is 0 Å². The van der Waals surface area contributed by atoms with Crippen LogP contribution in [0.3, 0.4) is 0 Å². The average molecular weight is 529 g/mol. The number of piperidine rings is 1. The first kappa shape index (κ1) is 26.6. The number of carbonyl (C=O) groups is 2. The first-order valence-electron chi connectivity index (χ1n) is 12.1. The summed E-state index contributed by atoms with van der Waals surface area (Å²) in [6.07, 6.45) is 1.18. The summed E-state index contributed by atoms with van der Waals surface area (Å²) < 4.78 is 5.66. The standard InChI is InChI=1S/C28H29ClN2O4.ClH/c29-22-9-7-20(8-10-22)17-35-18-23(32)16-30-13-11-19(12-14-30)15-31-27(33)24-5-1-3-21-4-2-6-25(26(21)24)28(31)34;/h1-10,19,23,32H,11-18H2;1H. The zero-order valence-electron chi connectivity index (χ0n) is 19.9. The smallest absolute Gasteiger partial charge is 0.261 e. The zero-order chi connectivity index (χ0) is 24.4. The van der Waals surface area contributed by atoms with Crippen molar-refractivity contribution < 1.29 is 19.4 Å². The molecule has 2 aliphatic rings. The van der Waals surface area contributed by atoms with E-state index in [0.717, 1.165) is 42.3 Å². The fourth-order valence-electron chi connectivity index (χ4n) is 5.10. The topological polar surface area (TPSA) is 70.1 Å². The van der Waals surface area contributed by atoms with Gasteiger partial charge in [0.2, 0.25) is 0 Å². The van der Waals surface area contributed by atoms with Crippen molar-refractivity contribution in [2.45, 2.75) is 25.6 Å². The second-order valence-electron chi connectivity index (χ2n) is 9.47. The van der Waals surface area contributed by atoms with Gasteiger partial charge in [0.25, 0.3) is 11.8 Å². The number of aliphatic hydroxyl groups excluding tert-OH is 1. The molecule has 0 spiro atoms. The predicted molar refractivity (Wildman–Crippen MR) is 143 cm³/mol. The monoisotopic (exact) mass is 528 g/mol. The fourth-order valence-corrected chi connectivity index (χ4v) is 5.23. The predicted octanol–water partition coefficient (Wildman–Crippen LogP) is 4.80. The number of imide groups is 1. The van der Waals surface area contributed by atoms with Crippen LogP contribution in [0.15, 0.2) is 60.7 Å². The van der Waals surface area contributed by atoms with Crippen molar-refractivity contribution in [3.8, 4) is 0 Å². The van der Waals surface area contributed by atoms with Crippen molar-refractivity contribution in [2.75, 3.05) is 32.8 Å². The number of benzene rings is 3. The van der Waals surface area contributed by atoms with Crippen LogP contribution >= 0.6 is 24.0 Å². The summed E-state index contributed by atoms with van der Waals surface area (Å²) >= 11 is 5.90. The number of likely N-dealkylation sites (tertiary alicyclic amines) is 1. The first-order valence-corrected chi connectivity index (χ1v) is 12.5. The average Bonchev–Trinajstić information content (AvgIpc) is 2.87. The van der Waals surface area contributed by atoms with Gasteiger partial charge in [-0.25, -0.2) is 0 Å². The Balaban J connectivity index is 0.00000304. The molecule has 3 aromatic carbocycles. The van der Waals surface area contributed by atoms with E-state index in [1.807, 2.05) is 60.7 Å². The molecule has 5 rings (SSSR count). The number of hydrogen-bond acceptors (Lipinski definition) is 5. The van der Waals surface area contributed by atoms with Crippen molar-refractivity contribution in [1.29, 1.82) is 0 Å². The Morgan fingerprint density at radius 2 is 1.56 bits per heavy atom. The first-order chi connectivity index (χ1) is 17.0. The van der Waals surface area contributed by atoms with Gasteiger partial charge in [0.05, 0.1) is 19.3 Å².